The predicted octanol–water partition coefficient (Wildman–Crippen LogP) is 5.09. The van der Waals surface area contributed by atoms with Gasteiger partial charge < -0.3 is 19.7 Å². The van der Waals surface area contributed by atoms with Crippen LogP contribution in [0.3, 0.4) is 0 Å². The molecule has 5 nitrogen and oxygen atoms in total. The molecular formula is C22H46N2O3. The van der Waals surface area contributed by atoms with E-state index in [4.69, 9.17) is 9.47 Å². The lowest BCUT2D eigenvalue weighted by Crippen LogP contribution is -2.43. The molecule has 0 aromatic heterocycles. The van der Waals surface area contributed by atoms with Crippen LogP contribution >= 0.6 is 0 Å². The summed E-state index contributed by atoms with van der Waals surface area (Å²) >= 11 is 0. The second kappa shape index (κ2) is 12.6. The lowest BCUT2D eigenvalue weighted by molar-refractivity contribution is -0.0181. The fourth-order valence-electron chi connectivity index (χ4n) is 3.50. The van der Waals surface area contributed by atoms with Gasteiger partial charge in [0.1, 0.15) is 5.60 Å². The molecule has 1 aliphatic rings. The lowest BCUT2D eigenvalue weighted by atomic mass is 9.81. The largest absolute Gasteiger partial charge is 0.444 e. The van der Waals surface area contributed by atoms with Gasteiger partial charge in [-0.1, -0.05) is 34.6 Å². The van der Waals surface area contributed by atoms with Crippen molar-refractivity contribution < 1.29 is 14.3 Å². The molecule has 1 saturated heterocycles. The number of piperidine rings is 1. The Balaban J connectivity index is 0.00000326. The van der Waals surface area contributed by atoms with Crippen molar-refractivity contribution in [2.75, 3.05) is 33.3 Å². The first-order valence-electron chi connectivity index (χ1n) is 10.8. The average molecular weight is 387 g/mol. The molecule has 1 atom stereocenters. The smallest absolute Gasteiger partial charge is 0.410 e. The Labute approximate surface area is 168 Å². The number of nitrogens with one attached hydrogen (secondary N) is 1. The summed E-state index contributed by atoms with van der Waals surface area (Å²) < 4.78 is 11.5. The molecule has 0 radical (unpaired) electrons. The number of ether oxygens (including phenoxy) is 2. The van der Waals surface area contributed by atoms with Gasteiger partial charge in [0, 0.05) is 19.7 Å². The van der Waals surface area contributed by atoms with Crippen LogP contribution < -0.4 is 5.32 Å². The minimum atomic E-state index is -0.430. The third kappa shape index (κ3) is 12.3. The molecule has 0 aliphatic carbocycles. The molecule has 1 N–H and O–H groups in total. The van der Waals surface area contributed by atoms with Gasteiger partial charge in [0.15, 0.2) is 0 Å². The summed E-state index contributed by atoms with van der Waals surface area (Å²) in [6.45, 7) is 20.0. The molecule has 162 valence electrons. The number of hydrogen-bond acceptors (Lipinski definition) is 4. The highest BCUT2D eigenvalue weighted by Crippen LogP contribution is 2.29. The molecule has 0 spiro atoms. The van der Waals surface area contributed by atoms with E-state index in [2.05, 4.69) is 26.1 Å². The number of hydrogen-bond donors (Lipinski definition) is 1. The third-order valence-electron chi connectivity index (χ3n) is 4.68. The van der Waals surface area contributed by atoms with Gasteiger partial charge in [-0.3, -0.25) is 0 Å². The quantitative estimate of drug-likeness (QED) is 0.631. The molecular weight excluding hydrogens is 340 g/mol. The van der Waals surface area contributed by atoms with E-state index in [0.717, 1.165) is 45.5 Å². The van der Waals surface area contributed by atoms with Gasteiger partial charge >= 0.3 is 6.09 Å². The summed E-state index contributed by atoms with van der Waals surface area (Å²) in [5.74, 6) is 0.678. The van der Waals surface area contributed by atoms with E-state index < -0.39 is 5.60 Å². The lowest BCUT2D eigenvalue weighted by Gasteiger charge is -2.34. The van der Waals surface area contributed by atoms with Gasteiger partial charge in [-0.2, -0.15) is 0 Å². The Morgan fingerprint density at radius 2 is 1.70 bits per heavy atom. The zero-order valence-electron chi connectivity index (χ0n) is 19.5. The summed E-state index contributed by atoms with van der Waals surface area (Å²) in [7, 11) is 2.01. The van der Waals surface area contributed by atoms with Crippen LogP contribution in [0.25, 0.3) is 0 Å². The Hall–Kier alpha value is -0.810. The first-order valence-corrected chi connectivity index (χ1v) is 10.8. The Kier molecular flexibility index (Phi) is 12.2. The van der Waals surface area contributed by atoms with Crippen molar-refractivity contribution in [1.82, 2.24) is 10.2 Å². The van der Waals surface area contributed by atoms with E-state index in [1.165, 1.54) is 6.42 Å². The van der Waals surface area contributed by atoms with Crippen LogP contribution in [0.2, 0.25) is 0 Å². The van der Waals surface area contributed by atoms with Crippen molar-refractivity contribution in [3.63, 3.8) is 0 Å². The monoisotopic (exact) mass is 386 g/mol. The maximum atomic E-state index is 12.1. The molecule has 1 amide bonds. The molecule has 27 heavy (non-hydrogen) atoms. The normalized spacial score (nSPS) is 17.1. The first-order chi connectivity index (χ1) is 12.5. The highest BCUT2D eigenvalue weighted by Gasteiger charge is 2.28. The maximum Gasteiger partial charge on any atom is 0.410 e. The first kappa shape index (κ1) is 26.2. The minimum Gasteiger partial charge on any atom is -0.444 e. The van der Waals surface area contributed by atoms with Crippen LogP contribution in [-0.2, 0) is 9.47 Å². The van der Waals surface area contributed by atoms with E-state index in [1.807, 2.05) is 41.7 Å². The van der Waals surface area contributed by atoms with Gasteiger partial charge in [0.25, 0.3) is 0 Å². The van der Waals surface area contributed by atoms with Crippen LogP contribution in [-0.4, -0.2) is 56.0 Å². The minimum absolute atomic E-state index is 0.203. The van der Waals surface area contributed by atoms with Crippen LogP contribution in [0.4, 0.5) is 4.79 Å². The van der Waals surface area contributed by atoms with Gasteiger partial charge in [0.2, 0.25) is 0 Å². The Morgan fingerprint density at radius 3 is 2.19 bits per heavy atom. The zero-order valence-corrected chi connectivity index (χ0v) is 19.5. The zero-order chi connectivity index (χ0) is 21.1. The molecule has 1 heterocycles. The van der Waals surface area contributed by atoms with E-state index in [1.54, 1.807) is 4.90 Å². The molecule has 1 rings (SSSR count). The summed E-state index contributed by atoms with van der Waals surface area (Å²) in [6, 6.07) is 0. The van der Waals surface area contributed by atoms with Crippen molar-refractivity contribution in [2.24, 2.45) is 11.3 Å². The number of likely N-dealkylation sites (tertiary alicyclic amines) is 1. The predicted molar refractivity (Wildman–Crippen MR) is 114 cm³/mol. The molecule has 5 heteroatoms. The van der Waals surface area contributed by atoms with Crippen LogP contribution in [0.1, 0.15) is 81.1 Å². The summed E-state index contributed by atoms with van der Waals surface area (Å²) in [4.78, 5) is 13.9. The summed E-state index contributed by atoms with van der Waals surface area (Å²) in [6.07, 6.45) is 4.14. The van der Waals surface area contributed by atoms with Crippen molar-refractivity contribution in [3.05, 3.63) is 0 Å². The molecule has 1 aliphatic heterocycles. The fraction of sp³-hybridized carbons (Fsp3) is 0.955. The Bertz CT molecular complexity index is 397. The van der Waals surface area contributed by atoms with E-state index in [-0.39, 0.29) is 12.2 Å². The van der Waals surface area contributed by atoms with Crippen LogP contribution in [0, 0.1) is 11.3 Å². The van der Waals surface area contributed by atoms with Crippen LogP contribution in [0.15, 0.2) is 0 Å². The second-order valence-corrected chi connectivity index (χ2v) is 9.32. The number of carbonyl (C=O) groups is 1. The average Bonchev–Trinajstić information content (AvgIpc) is 2.55. The Morgan fingerprint density at radius 1 is 1.15 bits per heavy atom. The summed E-state index contributed by atoms with van der Waals surface area (Å²) in [5.41, 5.74) is -0.131. The topological polar surface area (TPSA) is 50.8 Å². The number of carbonyl (C=O) groups excluding carboxylic acids is 1. The summed E-state index contributed by atoms with van der Waals surface area (Å²) in [5, 5.41) is 3.25. The standard InChI is InChI=1S/C20H40N2O3.C2H6/c1-16(15-21-7)14-20(5,6)10-13-24-17-8-11-22(12-9-17)18(23)25-19(2,3)4;1-2/h16-17,21H,8-15H2,1-7H3;1-2H3. The van der Waals surface area contributed by atoms with Crippen molar-refractivity contribution in [1.29, 1.82) is 0 Å². The van der Waals surface area contributed by atoms with Gasteiger partial charge in [-0.15, -0.1) is 0 Å². The third-order valence-corrected chi connectivity index (χ3v) is 4.68. The molecule has 0 bridgehead atoms. The molecule has 0 aromatic carbocycles. The maximum absolute atomic E-state index is 12.1. The molecule has 0 saturated carbocycles. The fourth-order valence-corrected chi connectivity index (χ4v) is 3.50. The highest BCUT2D eigenvalue weighted by molar-refractivity contribution is 5.68. The van der Waals surface area contributed by atoms with Gasteiger partial charge in [-0.05, 0) is 71.4 Å². The van der Waals surface area contributed by atoms with Crippen molar-refractivity contribution in [2.45, 2.75) is 92.8 Å². The number of rotatable bonds is 8. The van der Waals surface area contributed by atoms with E-state index in [9.17, 15) is 4.79 Å². The number of nitrogens with zero attached hydrogens (tertiary/aromatic N) is 1. The highest BCUT2D eigenvalue weighted by atomic mass is 16.6. The van der Waals surface area contributed by atoms with Crippen LogP contribution in [0.5, 0.6) is 0 Å². The van der Waals surface area contributed by atoms with E-state index in [0.29, 0.717) is 11.3 Å². The molecule has 1 fully saturated rings. The van der Waals surface area contributed by atoms with E-state index >= 15 is 0 Å². The second-order valence-electron chi connectivity index (χ2n) is 9.32. The number of amides is 1. The molecule has 1 unspecified atom stereocenters. The van der Waals surface area contributed by atoms with Gasteiger partial charge in [-0.25, -0.2) is 4.79 Å². The molecule has 0 aromatic rings. The van der Waals surface area contributed by atoms with Gasteiger partial charge in [0.05, 0.1) is 6.10 Å². The van der Waals surface area contributed by atoms with Crippen molar-refractivity contribution in [3.8, 4) is 0 Å². The van der Waals surface area contributed by atoms with Crippen molar-refractivity contribution >= 4 is 6.09 Å². The SMILES string of the molecule is CC.CNCC(C)CC(C)(C)CCOC1CCN(C(=O)OC(C)(C)C)CC1.